The van der Waals surface area contributed by atoms with Crippen LogP contribution in [0, 0.1) is 0 Å². The van der Waals surface area contributed by atoms with Crippen molar-refractivity contribution in [1.82, 2.24) is 4.90 Å². The van der Waals surface area contributed by atoms with Crippen LogP contribution in [0.25, 0.3) is 0 Å². The van der Waals surface area contributed by atoms with Crippen LogP contribution in [0.3, 0.4) is 0 Å². The van der Waals surface area contributed by atoms with Gasteiger partial charge in [-0.1, -0.05) is 11.6 Å². The van der Waals surface area contributed by atoms with E-state index in [0.717, 1.165) is 53.8 Å². The molecule has 3 aliphatic rings. The number of ether oxygens (including phenoxy) is 1. The van der Waals surface area contributed by atoms with Crippen LogP contribution in [0.4, 0.5) is 5.69 Å². The Balaban J connectivity index is 1.44. The summed E-state index contributed by atoms with van der Waals surface area (Å²) in [6, 6.07) is 10.6. The summed E-state index contributed by atoms with van der Waals surface area (Å²) in [5.74, 6) is -0.0393. The summed E-state index contributed by atoms with van der Waals surface area (Å²) in [4.78, 5) is 40.9. The molecule has 0 fully saturated rings. The lowest BCUT2D eigenvalue weighted by molar-refractivity contribution is -0.118. The summed E-state index contributed by atoms with van der Waals surface area (Å²) in [6.07, 6.45) is 4.28. The van der Waals surface area contributed by atoms with Crippen molar-refractivity contribution in [3.63, 3.8) is 0 Å². The van der Waals surface area contributed by atoms with Crippen molar-refractivity contribution in [1.29, 1.82) is 0 Å². The molecule has 0 saturated heterocycles. The molecular weight excluding hydrogens is 624 g/mol. The Morgan fingerprint density at radius 1 is 0.973 bits per heavy atom. The summed E-state index contributed by atoms with van der Waals surface area (Å²) in [5.41, 5.74) is 4.99. The fourth-order valence-corrected chi connectivity index (χ4v) is 7.01. The van der Waals surface area contributed by atoms with E-state index in [-0.39, 0.29) is 24.1 Å². The third-order valence-electron chi connectivity index (χ3n) is 7.07. The fraction of sp³-hybridized carbons (Fsp3) is 0.321. The first-order chi connectivity index (χ1) is 17.7. The van der Waals surface area contributed by atoms with E-state index in [9.17, 15) is 14.4 Å². The Labute approximate surface area is 237 Å². The topological polar surface area (TPSA) is 75.7 Å². The average molecular weight is 649 g/mol. The molecule has 2 aromatic rings. The van der Waals surface area contributed by atoms with E-state index in [1.807, 2.05) is 19.2 Å². The second kappa shape index (κ2) is 10.8. The molecule has 2 aromatic carbocycles. The van der Waals surface area contributed by atoms with Gasteiger partial charge in [0.2, 0.25) is 0 Å². The molecule has 9 heteroatoms. The Bertz CT molecular complexity index is 1300. The van der Waals surface area contributed by atoms with Gasteiger partial charge in [0, 0.05) is 59.1 Å². The zero-order valence-electron chi connectivity index (χ0n) is 20.2. The third kappa shape index (κ3) is 5.16. The van der Waals surface area contributed by atoms with Gasteiger partial charge in [0.25, 0.3) is 5.91 Å². The molecular formula is C28H25Br2ClN2O4. The first-order valence-electron chi connectivity index (χ1n) is 12.2. The molecule has 1 amide bonds. The number of hydrogen-bond donors (Lipinski definition) is 1. The van der Waals surface area contributed by atoms with Crippen molar-refractivity contribution in [2.75, 3.05) is 19.0 Å². The Morgan fingerprint density at radius 2 is 1.51 bits per heavy atom. The first kappa shape index (κ1) is 26.2. The van der Waals surface area contributed by atoms with Crippen molar-refractivity contribution in [3.05, 3.63) is 78.5 Å². The molecule has 1 aliphatic heterocycles. The number of anilines is 1. The second-order valence-corrected chi connectivity index (χ2v) is 11.6. The van der Waals surface area contributed by atoms with Crippen LogP contribution in [-0.2, 0) is 14.4 Å². The van der Waals surface area contributed by atoms with Crippen LogP contribution < -0.4 is 10.1 Å². The Kier molecular flexibility index (Phi) is 7.61. The van der Waals surface area contributed by atoms with E-state index in [1.54, 1.807) is 24.3 Å². The van der Waals surface area contributed by atoms with Crippen LogP contribution in [0.15, 0.2) is 67.9 Å². The molecule has 1 heterocycles. The van der Waals surface area contributed by atoms with E-state index < -0.39 is 5.92 Å². The molecule has 1 N–H and O–H groups in total. The van der Waals surface area contributed by atoms with Gasteiger partial charge in [0.05, 0.1) is 8.95 Å². The van der Waals surface area contributed by atoms with Gasteiger partial charge >= 0.3 is 0 Å². The largest absolute Gasteiger partial charge is 0.481 e. The third-order valence-corrected chi connectivity index (χ3v) is 8.50. The number of amides is 1. The minimum Gasteiger partial charge on any atom is -0.481 e. The normalized spacial score (nSPS) is 18.1. The number of benzene rings is 2. The van der Waals surface area contributed by atoms with Gasteiger partial charge in [-0.05, 0) is 99.5 Å². The number of halogens is 3. The van der Waals surface area contributed by atoms with E-state index in [1.165, 1.54) is 0 Å². The summed E-state index contributed by atoms with van der Waals surface area (Å²) in [7, 11) is 1.98. The van der Waals surface area contributed by atoms with Gasteiger partial charge in [-0.25, -0.2) is 0 Å². The summed E-state index contributed by atoms with van der Waals surface area (Å²) >= 11 is 13.1. The van der Waals surface area contributed by atoms with Crippen LogP contribution in [0.5, 0.6) is 5.75 Å². The minimum absolute atomic E-state index is 0.106. The highest BCUT2D eigenvalue weighted by Gasteiger charge is 2.42. The zero-order chi connectivity index (χ0) is 26.3. The lowest BCUT2D eigenvalue weighted by Gasteiger charge is -2.42. The number of Topliss-reactive ketones (excluding diaryl/α,β-unsaturated/α-hetero) is 2. The van der Waals surface area contributed by atoms with Gasteiger partial charge in [0.1, 0.15) is 5.75 Å². The lowest BCUT2D eigenvalue weighted by Crippen LogP contribution is -2.37. The Morgan fingerprint density at radius 3 is 2.05 bits per heavy atom. The summed E-state index contributed by atoms with van der Waals surface area (Å²) in [5, 5.41) is 3.36. The maximum atomic E-state index is 13.2. The predicted octanol–water partition coefficient (Wildman–Crippen LogP) is 6.93. The quantitative estimate of drug-likeness (QED) is 0.381. The number of allylic oxidation sites excluding steroid dienone is 4. The Hall–Kier alpha value is -2.42. The first-order valence-corrected chi connectivity index (χ1v) is 14.1. The molecule has 0 spiro atoms. The van der Waals surface area contributed by atoms with Crippen molar-refractivity contribution < 1.29 is 19.1 Å². The maximum Gasteiger partial charge on any atom is 0.262 e. The SMILES string of the molecule is CN1C2=C(C(=O)CCC2)C(c2cc(Br)c(OCC(=O)Nc3ccc(Cl)cc3)c(Br)c2)C2=C1CCCC2=O. The smallest absolute Gasteiger partial charge is 0.262 e. The highest BCUT2D eigenvalue weighted by molar-refractivity contribution is 9.11. The highest BCUT2D eigenvalue weighted by atomic mass is 79.9. The maximum absolute atomic E-state index is 13.2. The van der Waals surface area contributed by atoms with Crippen molar-refractivity contribution in [3.8, 4) is 5.75 Å². The minimum atomic E-state index is -0.406. The molecule has 0 radical (unpaired) electrons. The number of carbonyl (C=O) groups excluding carboxylic acids is 3. The second-order valence-electron chi connectivity index (χ2n) is 9.42. The van der Waals surface area contributed by atoms with Gasteiger partial charge in [-0.3, -0.25) is 14.4 Å². The van der Waals surface area contributed by atoms with Crippen LogP contribution >= 0.6 is 43.5 Å². The van der Waals surface area contributed by atoms with E-state index in [0.29, 0.717) is 38.2 Å². The summed E-state index contributed by atoms with van der Waals surface area (Å²) < 4.78 is 7.10. The number of carbonyl (C=O) groups is 3. The summed E-state index contributed by atoms with van der Waals surface area (Å²) in [6.45, 7) is -0.199. The van der Waals surface area contributed by atoms with Gasteiger partial charge < -0.3 is 15.0 Å². The monoisotopic (exact) mass is 646 g/mol. The molecule has 0 aromatic heterocycles. The van der Waals surface area contributed by atoms with Gasteiger partial charge in [-0.2, -0.15) is 0 Å². The van der Waals surface area contributed by atoms with Gasteiger partial charge in [-0.15, -0.1) is 0 Å². The molecule has 37 heavy (non-hydrogen) atoms. The molecule has 0 unspecified atom stereocenters. The van der Waals surface area contributed by atoms with E-state index >= 15 is 0 Å². The molecule has 2 aliphatic carbocycles. The van der Waals surface area contributed by atoms with E-state index in [2.05, 4.69) is 42.1 Å². The van der Waals surface area contributed by atoms with Crippen LogP contribution in [0.2, 0.25) is 5.02 Å². The number of nitrogens with one attached hydrogen (secondary N) is 1. The van der Waals surface area contributed by atoms with Crippen LogP contribution in [0.1, 0.15) is 50.0 Å². The van der Waals surface area contributed by atoms with Crippen molar-refractivity contribution in [2.24, 2.45) is 0 Å². The zero-order valence-corrected chi connectivity index (χ0v) is 24.1. The molecule has 192 valence electrons. The van der Waals surface area contributed by atoms with Gasteiger partial charge in [0.15, 0.2) is 18.2 Å². The predicted molar refractivity (Wildman–Crippen MR) is 150 cm³/mol. The van der Waals surface area contributed by atoms with E-state index in [4.69, 9.17) is 16.3 Å². The molecule has 0 atom stereocenters. The lowest BCUT2D eigenvalue weighted by atomic mass is 9.71. The molecule has 0 bridgehead atoms. The molecule has 5 rings (SSSR count). The highest BCUT2D eigenvalue weighted by Crippen LogP contribution is 2.50. The molecule has 0 saturated carbocycles. The number of rotatable bonds is 5. The van der Waals surface area contributed by atoms with Crippen molar-refractivity contribution >= 4 is 66.6 Å². The number of hydrogen-bond acceptors (Lipinski definition) is 5. The van der Waals surface area contributed by atoms with Crippen LogP contribution in [-0.4, -0.2) is 36.0 Å². The average Bonchev–Trinajstić information content (AvgIpc) is 2.86. The molecule has 6 nitrogen and oxygen atoms in total. The number of ketones is 2. The van der Waals surface area contributed by atoms with Crippen molar-refractivity contribution in [2.45, 2.75) is 44.4 Å². The fourth-order valence-electron chi connectivity index (χ4n) is 5.44. The number of nitrogens with zero attached hydrogens (tertiary/aromatic N) is 1. The standard InChI is InChI=1S/C28H25Br2ClN2O4/c1-33-20-4-2-6-22(34)26(20)25(27-21(33)5-3-7-23(27)35)15-12-18(29)28(19(30)13-15)37-14-24(36)32-17-10-8-16(31)9-11-17/h8-13,25H,2-7,14H2,1H3,(H,32,36).